The summed E-state index contributed by atoms with van der Waals surface area (Å²) < 4.78 is 41.5. The van der Waals surface area contributed by atoms with Gasteiger partial charge in [-0.05, 0) is 25.1 Å². The molecule has 0 aliphatic carbocycles. The monoisotopic (exact) mass is 279 g/mol. The Balaban J connectivity index is 2.90. The fourth-order valence-electron chi connectivity index (χ4n) is 1.08. The van der Waals surface area contributed by atoms with Gasteiger partial charge in [-0.2, -0.15) is 13.2 Å². The maximum absolute atomic E-state index is 12.3. The second kappa shape index (κ2) is 5.86. The first kappa shape index (κ1) is 14.5. The van der Waals surface area contributed by atoms with Gasteiger partial charge >= 0.3 is 12.1 Å². The fourth-order valence-corrected chi connectivity index (χ4v) is 1.29. The third-order valence-electron chi connectivity index (χ3n) is 1.85. The molecule has 98 valence electrons. The molecular weight excluding hydrogens is 271 g/mol. The van der Waals surface area contributed by atoms with Crippen LogP contribution >= 0.6 is 11.6 Å². The first-order valence-electron chi connectivity index (χ1n) is 4.93. The van der Waals surface area contributed by atoms with Gasteiger partial charge in [0.25, 0.3) is 0 Å². The number of halogens is 4. The highest BCUT2D eigenvalue weighted by Crippen LogP contribution is 2.29. The van der Waals surface area contributed by atoms with E-state index in [1.54, 1.807) is 6.92 Å². The van der Waals surface area contributed by atoms with Crippen LogP contribution in [-0.2, 0) is 15.7 Å². The van der Waals surface area contributed by atoms with Crippen LogP contribution in [0.1, 0.15) is 18.2 Å². The summed E-state index contributed by atoms with van der Waals surface area (Å²) in [4.78, 5) is 14.2. The van der Waals surface area contributed by atoms with Crippen LogP contribution in [0.25, 0.3) is 6.08 Å². The van der Waals surface area contributed by atoms with Gasteiger partial charge in [-0.3, -0.25) is 0 Å². The predicted molar refractivity (Wildman–Crippen MR) is 59.9 cm³/mol. The molecule has 1 heterocycles. The van der Waals surface area contributed by atoms with E-state index in [0.717, 1.165) is 18.2 Å². The number of ether oxygens (including phenoxy) is 1. The van der Waals surface area contributed by atoms with Crippen molar-refractivity contribution < 1.29 is 22.7 Å². The lowest BCUT2D eigenvalue weighted by Crippen LogP contribution is -2.08. The molecule has 0 saturated heterocycles. The summed E-state index contributed by atoms with van der Waals surface area (Å²) in [7, 11) is 0. The Bertz CT molecular complexity index is 472. The predicted octanol–water partition coefficient (Wildman–Crippen LogP) is 3.33. The molecule has 0 radical (unpaired) electrons. The molecule has 3 nitrogen and oxygen atoms in total. The Hall–Kier alpha value is -1.56. The van der Waals surface area contributed by atoms with Gasteiger partial charge < -0.3 is 4.74 Å². The average Bonchev–Trinajstić information content (AvgIpc) is 2.26. The zero-order valence-electron chi connectivity index (χ0n) is 9.29. The van der Waals surface area contributed by atoms with Crippen molar-refractivity contribution in [2.45, 2.75) is 13.1 Å². The number of aromatic nitrogens is 1. The summed E-state index contributed by atoms with van der Waals surface area (Å²) in [6.45, 7) is 1.85. The fraction of sp³-hybridized carbons (Fsp3) is 0.273. The molecule has 0 amide bonds. The largest absolute Gasteiger partial charge is 0.463 e. The molecule has 0 aromatic carbocycles. The van der Waals surface area contributed by atoms with Crippen LogP contribution < -0.4 is 0 Å². The van der Waals surface area contributed by atoms with Crippen molar-refractivity contribution in [3.63, 3.8) is 0 Å². The van der Waals surface area contributed by atoms with Crippen molar-refractivity contribution in [2.75, 3.05) is 6.61 Å². The quantitative estimate of drug-likeness (QED) is 0.484. The Kier molecular flexibility index (Phi) is 4.72. The minimum absolute atomic E-state index is 0.206. The Labute approximate surface area is 106 Å². The van der Waals surface area contributed by atoms with E-state index in [2.05, 4.69) is 9.72 Å². The number of nitrogens with zero attached hydrogens (tertiary/aromatic N) is 1. The van der Waals surface area contributed by atoms with Gasteiger partial charge in [0.1, 0.15) is 10.8 Å². The van der Waals surface area contributed by atoms with E-state index in [0.29, 0.717) is 0 Å². The third-order valence-corrected chi connectivity index (χ3v) is 2.16. The van der Waals surface area contributed by atoms with Gasteiger partial charge in [0.2, 0.25) is 0 Å². The highest BCUT2D eigenvalue weighted by atomic mass is 35.5. The van der Waals surface area contributed by atoms with Gasteiger partial charge in [0.15, 0.2) is 0 Å². The van der Waals surface area contributed by atoms with Crippen molar-refractivity contribution in [1.29, 1.82) is 0 Å². The van der Waals surface area contributed by atoms with E-state index in [1.807, 2.05) is 0 Å². The molecule has 18 heavy (non-hydrogen) atoms. The van der Waals surface area contributed by atoms with Crippen LogP contribution in [-0.4, -0.2) is 17.6 Å². The van der Waals surface area contributed by atoms with Crippen molar-refractivity contribution in [3.05, 3.63) is 34.6 Å². The van der Waals surface area contributed by atoms with E-state index < -0.39 is 17.8 Å². The smallest absolute Gasteiger partial charge is 0.433 e. The number of esters is 1. The van der Waals surface area contributed by atoms with Crippen LogP contribution in [0.2, 0.25) is 5.15 Å². The van der Waals surface area contributed by atoms with E-state index >= 15 is 0 Å². The third kappa shape index (κ3) is 4.03. The molecule has 0 unspecified atom stereocenters. The van der Waals surface area contributed by atoms with Crippen molar-refractivity contribution in [1.82, 2.24) is 4.98 Å². The molecule has 1 aromatic rings. The number of carbonyl (C=O) groups is 1. The molecule has 0 N–H and O–H groups in total. The van der Waals surface area contributed by atoms with E-state index in [9.17, 15) is 18.0 Å². The summed E-state index contributed by atoms with van der Waals surface area (Å²) in [5, 5.41) is -0.328. The summed E-state index contributed by atoms with van der Waals surface area (Å²) in [5.41, 5.74) is -0.876. The first-order valence-corrected chi connectivity index (χ1v) is 5.31. The lowest BCUT2D eigenvalue weighted by molar-refractivity contribution is -0.141. The van der Waals surface area contributed by atoms with Crippen LogP contribution in [0.5, 0.6) is 0 Å². The van der Waals surface area contributed by atoms with Crippen LogP contribution in [0, 0.1) is 0 Å². The van der Waals surface area contributed by atoms with Crippen molar-refractivity contribution >= 4 is 23.6 Å². The SMILES string of the molecule is CCOC(=O)/C=C/c1ccc(C(F)(F)F)nc1Cl. The van der Waals surface area contributed by atoms with Gasteiger partial charge in [0.05, 0.1) is 6.61 Å². The Morgan fingerprint density at radius 2 is 2.17 bits per heavy atom. The summed E-state index contributed by atoms with van der Waals surface area (Å²) in [6.07, 6.45) is -2.24. The molecule has 0 aliphatic rings. The molecule has 7 heteroatoms. The highest BCUT2D eigenvalue weighted by Gasteiger charge is 2.32. The minimum Gasteiger partial charge on any atom is -0.463 e. The average molecular weight is 280 g/mol. The number of pyridine rings is 1. The number of carbonyl (C=O) groups excluding carboxylic acids is 1. The maximum Gasteiger partial charge on any atom is 0.433 e. The maximum atomic E-state index is 12.3. The summed E-state index contributed by atoms with van der Waals surface area (Å²) >= 11 is 5.58. The normalized spacial score (nSPS) is 11.8. The number of hydrogen-bond acceptors (Lipinski definition) is 3. The molecule has 0 spiro atoms. The lowest BCUT2D eigenvalue weighted by atomic mass is 10.2. The molecular formula is C11H9ClF3NO2. The topological polar surface area (TPSA) is 39.2 Å². The zero-order valence-corrected chi connectivity index (χ0v) is 10.0. The number of hydrogen-bond donors (Lipinski definition) is 0. The zero-order chi connectivity index (χ0) is 13.8. The second-order valence-corrected chi connectivity index (χ2v) is 3.52. The Morgan fingerprint density at radius 3 is 2.67 bits per heavy atom. The second-order valence-electron chi connectivity index (χ2n) is 3.16. The highest BCUT2D eigenvalue weighted by molar-refractivity contribution is 6.30. The minimum atomic E-state index is -4.55. The summed E-state index contributed by atoms with van der Waals surface area (Å²) in [5.74, 6) is -0.603. The lowest BCUT2D eigenvalue weighted by Gasteiger charge is -2.06. The standard InChI is InChI=1S/C11H9ClF3NO2/c1-2-18-9(17)6-4-7-3-5-8(11(13,14)15)16-10(7)12/h3-6H,2H2,1H3/b6-4+. The van der Waals surface area contributed by atoms with Crippen molar-refractivity contribution in [3.8, 4) is 0 Å². The van der Waals surface area contributed by atoms with E-state index in [-0.39, 0.29) is 17.3 Å². The van der Waals surface area contributed by atoms with Crippen LogP contribution in [0.15, 0.2) is 18.2 Å². The van der Waals surface area contributed by atoms with E-state index in [4.69, 9.17) is 11.6 Å². The Morgan fingerprint density at radius 1 is 1.50 bits per heavy atom. The van der Waals surface area contributed by atoms with Gasteiger partial charge in [-0.1, -0.05) is 11.6 Å². The van der Waals surface area contributed by atoms with Crippen LogP contribution in [0.4, 0.5) is 13.2 Å². The first-order chi connectivity index (χ1) is 8.34. The molecule has 0 atom stereocenters. The number of rotatable bonds is 3. The number of alkyl halides is 3. The molecule has 1 rings (SSSR count). The van der Waals surface area contributed by atoms with Gasteiger partial charge in [0, 0.05) is 11.6 Å². The molecule has 0 bridgehead atoms. The molecule has 0 saturated carbocycles. The van der Waals surface area contributed by atoms with Crippen molar-refractivity contribution in [2.24, 2.45) is 0 Å². The molecule has 1 aromatic heterocycles. The van der Waals surface area contributed by atoms with Crippen LogP contribution in [0.3, 0.4) is 0 Å². The van der Waals surface area contributed by atoms with E-state index in [1.165, 1.54) is 6.08 Å². The molecule has 0 aliphatic heterocycles. The summed E-state index contributed by atoms with van der Waals surface area (Å²) in [6, 6.07) is 1.92. The van der Waals surface area contributed by atoms with Gasteiger partial charge in [-0.25, -0.2) is 9.78 Å². The molecule has 0 fully saturated rings. The van der Waals surface area contributed by atoms with Gasteiger partial charge in [-0.15, -0.1) is 0 Å².